The predicted octanol–water partition coefficient (Wildman–Crippen LogP) is 5.05. The highest BCUT2D eigenvalue weighted by Crippen LogP contribution is 2.43. The van der Waals surface area contributed by atoms with Crippen molar-refractivity contribution in [3.8, 4) is 0 Å². The third-order valence-electron chi connectivity index (χ3n) is 3.92. The molecule has 3 rings (SSSR count). The second-order valence-corrected chi connectivity index (χ2v) is 8.38. The first-order chi connectivity index (χ1) is 11.2. The molecule has 1 saturated heterocycles. The highest BCUT2D eigenvalue weighted by Gasteiger charge is 2.17. The number of hydrogen-bond acceptors (Lipinski definition) is 3. The lowest BCUT2D eigenvalue weighted by atomic mass is 10.1. The highest BCUT2D eigenvalue weighted by molar-refractivity contribution is 8.16. The normalized spacial score (nSPS) is 16.7. The fourth-order valence-electron chi connectivity index (χ4n) is 2.58. The molecule has 0 radical (unpaired) electrons. The van der Waals surface area contributed by atoms with Crippen molar-refractivity contribution in [1.82, 2.24) is 5.32 Å². The Hall–Kier alpha value is -1.39. The van der Waals surface area contributed by atoms with E-state index in [1.165, 1.54) is 23.5 Å². The second-order valence-electron chi connectivity index (χ2n) is 5.65. The van der Waals surface area contributed by atoms with Crippen LogP contribution in [0.3, 0.4) is 0 Å². The third-order valence-corrected chi connectivity index (χ3v) is 6.93. The summed E-state index contributed by atoms with van der Waals surface area (Å²) in [5.74, 6) is 2.44. The molecule has 1 fully saturated rings. The van der Waals surface area contributed by atoms with Crippen LogP contribution in [0.4, 0.5) is 0 Å². The Kier molecular flexibility index (Phi) is 5.68. The van der Waals surface area contributed by atoms with Crippen LogP contribution in [0.25, 0.3) is 0 Å². The van der Waals surface area contributed by atoms with Crippen molar-refractivity contribution in [2.45, 2.75) is 24.0 Å². The smallest absolute Gasteiger partial charge is 0.251 e. The van der Waals surface area contributed by atoms with Gasteiger partial charge in [0.15, 0.2) is 0 Å². The molecular formula is C19H21NOS2. The summed E-state index contributed by atoms with van der Waals surface area (Å²) in [6, 6.07) is 18.1. The van der Waals surface area contributed by atoms with Gasteiger partial charge in [-0.25, -0.2) is 0 Å². The molecule has 1 atom stereocenters. The molecule has 1 amide bonds. The minimum absolute atomic E-state index is 0.00725. The van der Waals surface area contributed by atoms with Crippen LogP contribution in [-0.4, -0.2) is 17.4 Å². The summed E-state index contributed by atoms with van der Waals surface area (Å²) in [5.41, 5.74) is 3.15. The number of hydrogen-bond donors (Lipinski definition) is 1. The first kappa shape index (κ1) is 16.5. The van der Waals surface area contributed by atoms with E-state index in [1.54, 1.807) is 0 Å². The first-order valence-corrected chi connectivity index (χ1v) is 10.0. The zero-order chi connectivity index (χ0) is 16.1. The maximum atomic E-state index is 12.4. The van der Waals surface area contributed by atoms with E-state index in [9.17, 15) is 4.79 Å². The number of amides is 1. The van der Waals surface area contributed by atoms with Crippen LogP contribution in [0.15, 0.2) is 54.6 Å². The molecule has 1 heterocycles. The first-order valence-electron chi connectivity index (χ1n) is 7.93. The molecular weight excluding hydrogens is 322 g/mol. The van der Waals surface area contributed by atoms with Crippen molar-refractivity contribution in [1.29, 1.82) is 0 Å². The van der Waals surface area contributed by atoms with Gasteiger partial charge in [-0.2, -0.15) is 0 Å². The maximum absolute atomic E-state index is 12.4. The standard InChI is InChI=1S/C19H21NOS2/c1-14(15-6-3-2-4-7-15)20-18(21)16-8-10-17(11-9-16)19-22-12-5-13-23-19/h2-4,6-11,14,19H,5,12-13H2,1H3,(H,20,21)/t14-/m0/s1. The van der Waals surface area contributed by atoms with Crippen molar-refractivity contribution < 1.29 is 4.79 Å². The summed E-state index contributed by atoms with van der Waals surface area (Å²) >= 11 is 4.00. The summed E-state index contributed by atoms with van der Waals surface area (Å²) in [5, 5.41) is 3.06. The fraction of sp³-hybridized carbons (Fsp3) is 0.316. The summed E-state index contributed by atoms with van der Waals surface area (Å²) in [7, 11) is 0. The Bertz CT molecular complexity index is 636. The topological polar surface area (TPSA) is 29.1 Å². The summed E-state index contributed by atoms with van der Waals surface area (Å²) in [6.07, 6.45) is 1.30. The summed E-state index contributed by atoms with van der Waals surface area (Å²) < 4.78 is 0.518. The van der Waals surface area contributed by atoms with Crippen LogP contribution >= 0.6 is 23.5 Å². The number of thioether (sulfide) groups is 2. The molecule has 120 valence electrons. The molecule has 0 saturated carbocycles. The van der Waals surface area contributed by atoms with Gasteiger partial charge in [0, 0.05) is 5.56 Å². The maximum Gasteiger partial charge on any atom is 0.251 e. The lowest BCUT2D eigenvalue weighted by molar-refractivity contribution is 0.0940. The number of carbonyl (C=O) groups excluding carboxylic acids is 1. The Labute approximate surface area is 146 Å². The minimum Gasteiger partial charge on any atom is -0.346 e. The van der Waals surface area contributed by atoms with Crippen LogP contribution in [0.2, 0.25) is 0 Å². The molecule has 1 aliphatic heterocycles. The zero-order valence-corrected chi connectivity index (χ0v) is 14.8. The Morgan fingerprint density at radius 1 is 1.04 bits per heavy atom. The lowest BCUT2D eigenvalue weighted by Crippen LogP contribution is -2.26. The van der Waals surface area contributed by atoms with Gasteiger partial charge in [0.05, 0.1) is 10.6 Å². The molecule has 0 aliphatic carbocycles. The number of carbonyl (C=O) groups is 1. The summed E-state index contributed by atoms with van der Waals surface area (Å²) in [4.78, 5) is 12.4. The molecule has 23 heavy (non-hydrogen) atoms. The van der Waals surface area contributed by atoms with Crippen LogP contribution in [0.1, 0.15) is 45.5 Å². The molecule has 2 aromatic carbocycles. The average Bonchev–Trinajstić information content (AvgIpc) is 2.63. The van der Waals surface area contributed by atoms with Gasteiger partial charge in [-0.3, -0.25) is 4.79 Å². The van der Waals surface area contributed by atoms with Gasteiger partial charge in [0.1, 0.15) is 0 Å². The molecule has 0 spiro atoms. The molecule has 0 aromatic heterocycles. The lowest BCUT2D eigenvalue weighted by Gasteiger charge is -2.21. The van der Waals surface area contributed by atoms with E-state index in [0.29, 0.717) is 4.58 Å². The van der Waals surface area contributed by atoms with Gasteiger partial charge in [0.2, 0.25) is 0 Å². The number of rotatable bonds is 4. The van der Waals surface area contributed by atoms with Crippen molar-refractivity contribution in [2.75, 3.05) is 11.5 Å². The fourth-order valence-corrected chi connectivity index (χ4v) is 5.47. The van der Waals surface area contributed by atoms with Gasteiger partial charge >= 0.3 is 0 Å². The van der Waals surface area contributed by atoms with Gasteiger partial charge in [0.25, 0.3) is 5.91 Å². The molecule has 4 heteroatoms. The van der Waals surface area contributed by atoms with Gasteiger partial charge in [-0.05, 0) is 48.1 Å². The van der Waals surface area contributed by atoms with Gasteiger partial charge in [-0.15, -0.1) is 23.5 Å². The van der Waals surface area contributed by atoms with Crippen molar-refractivity contribution in [3.63, 3.8) is 0 Å². The van der Waals surface area contributed by atoms with Crippen molar-refractivity contribution >= 4 is 29.4 Å². The summed E-state index contributed by atoms with van der Waals surface area (Å²) in [6.45, 7) is 2.01. The van der Waals surface area contributed by atoms with E-state index >= 15 is 0 Å². The Balaban J connectivity index is 1.63. The average molecular weight is 344 g/mol. The zero-order valence-electron chi connectivity index (χ0n) is 13.2. The largest absolute Gasteiger partial charge is 0.346 e. The molecule has 1 N–H and O–H groups in total. The van der Waals surface area contributed by atoms with Gasteiger partial charge in [-0.1, -0.05) is 42.5 Å². The molecule has 2 aromatic rings. The van der Waals surface area contributed by atoms with E-state index in [1.807, 2.05) is 72.9 Å². The minimum atomic E-state index is -0.0168. The van der Waals surface area contributed by atoms with Crippen molar-refractivity contribution in [2.24, 2.45) is 0 Å². The molecule has 0 unspecified atom stereocenters. The van der Waals surface area contributed by atoms with Gasteiger partial charge < -0.3 is 5.32 Å². The third kappa shape index (κ3) is 4.33. The SMILES string of the molecule is C[C@H](NC(=O)c1ccc(C2SCCCS2)cc1)c1ccccc1. The second kappa shape index (κ2) is 7.93. The Morgan fingerprint density at radius 3 is 2.35 bits per heavy atom. The number of nitrogens with one attached hydrogen (secondary N) is 1. The van der Waals surface area contributed by atoms with Crippen LogP contribution < -0.4 is 5.32 Å². The monoisotopic (exact) mass is 343 g/mol. The number of benzene rings is 2. The van der Waals surface area contributed by atoms with E-state index in [2.05, 4.69) is 17.4 Å². The molecule has 1 aliphatic rings. The van der Waals surface area contributed by atoms with E-state index in [0.717, 1.165) is 11.1 Å². The van der Waals surface area contributed by atoms with Crippen LogP contribution in [-0.2, 0) is 0 Å². The molecule has 2 nitrogen and oxygen atoms in total. The Morgan fingerprint density at radius 2 is 1.70 bits per heavy atom. The molecule has 0 bridgehead atoms. The van der Waals surface area contributed by atoms with E-state index in [4.69, 9.17) is 0 Å². The quantitative estimate of drug-likeness (QED) is 0.842. The van der Waals surface area contributed by atoms with Crippen molar-refractivity contribution in [3.05, 3.63) is 71.3 Å². The highest BCUT2D eigenvalue weighted by atomic mass is 32.2. The predicted molar refractivity (Wildman–Crippen MR) is 101 cm³/mol. The van der Waals surface area contributed by atoms with E-state index in [-0.39, 0.29) is 11.9 Å². The van der Waals surface area contributed by atoms with E-state index < -0.39 is 0 Å². The van der Waals surface area contributed by atoms with Crippen LogP contribution in [0, 0.1) is 0 Å². The van der Waals surface area contributed by atoms with Crippen LogP contribution in [0.5, 0.6) is 0 Å².